The van der Waals surface area contributed by atoms with Crippen LogP contribution in [0.2, 0.25) is 0 Å². The fourth-order valence-corrected chi connectivity index (χ4v) is 4.13. The van der Waals surface area contributed by atoms with E-state index < -0.39 is 0 Å². The van der Waals surface area contributed by atoms with Crippen molar-refractivity contribution in [2.45, 2.75) is 38.6 Å². The smallest absolute Gasteiger partial charge is 0.220 e. The molecule has 5 nitrogen and oxygen atoms in total. The summed E-state index contributed by atoms with van der Waals surface area (Å²) < 4.78 is 1.91. The Balaban J connectivity index is 1.35. The number of nitrogens with zero attached hydrogens (tertiary/aromatic N) is 3. The van der Waals surface area contributed by atoms with Crippen LogP contribution in [0.4, 0.5) is 0 Å². The van der Waals surface area contributed by atoms with Crippen LogP contribution in [0.3, 0.4) is 0 Å². The molecule has 1 N–H and O–H groups in total. The van der Waals surface area contributed by atoms with E-state index in [1.54, 1.807) is 0 Å². The van der Waals surface area contributed by atoms with Gasteiger partial charge >= 0.3 is 0 Å². The van der Waals surface area contributed by atoms with E-state index in [0.717, 1.165) is 23.3 Å². The monoisotopic (exact) mass is 284 g/mol. The van der Waals surface area contributed by atoms with Crippen LogP contribution in [0.25, 0.3) is 5.65 Å². The molecule has 2 aliphatic carbocycles. The minimum Gasteiger partial charge on any atom is -0.349 e. The summed E-state index contributed by atoms with van der Waals surface area (Å²) in [5.74, 6) is 3.24. The fraction of sp³-hybridized carbons (Fsp3) is 0.562. The van der Waals surface area contributed by atoms with E-state index in [1.807, 2.05) is 28.8 Å². The first-order valence-corrected chi connectivity index (χ1v) is 7.85. The number of hydrogen-bond donors (Lipinski definition) is 1. The lowest BCUT2D eigenvalue weighted by molar-refractivity contribution is -0.122. The van der Waals surface area contributed by atoms with Crippen LogP contribution in [-0.4, -0.2) is 20.5 Å². The van der Waals surface area contributed by atoms with Crippen molar-refractivity contribution in [2.75, 3.05) is 0 Å². The van der Waals surface area contributed by atoms with Crippen molar-refractivity contribution >= 4 is 11.6 Å². The average molecular weight is 284 g/mol. The molecule has 2 heterocycles. The summed E-state index contributed by atoms with van der Waals surface area (Å²) in [5, 5.41) is 11.2. The van der Waals surface area contributed by atoms with Gasteiger partial charge in [-0.05, 0) is 49.1 Å². The minimum absolute atomic E-state index is 0.153. The highest BCUT2D eigenvalue weighted by molar-refractivity contribution is 5.76. The largest absolute Gasteiger partial charge is 0.349 e. The molecule has 0 aliphatic heterocycles. The van der Waals surface area contributed by atoms with Gasteiger partial charge in [0.2, 0.25) is 5.91 Å². The number of aromatic nitrogens is 3. The molecule has 0 spiro atoms. The summed E-state index contributed by atoms with van der Waals surface area (Å²) >= 11 is 0. The molecule has 110 valence electrons. The maximum Gasteiger partial charge on any atom is 0.220 e. The number of rotatable bonds is 4. The highest BCUT2D eigenvalue weighted by Gasteiger charge is 2.40. The average Bonchev–Trinajstić information content (AvgIpc) is 3.20. The Hall–Kier alpha value is -1.91. The van der Waals surface area contributed by atoms with E-state index in [9.17, 15) is 4.79 Å². The first kappa shape index (κ1) is 12.8. The van der Waals surface area contributed by atoms with E-state index in [1.165, 1.54) is 25.7 Å². The quantitative estimate of drug-likeness (QED) is 0.936. The lowest BCUT2D eigenvalue weighted by Crippen LogP contribution is -2.27. The van der Waals surface area contributed by atoms with E-state index in [2.05, 4.69) is 15.5 Å². The van der Waals surface area contributed by atoms with Gasteiger partial charge in [-0.2, -0.15) is 0 Å². The molecular formula is C16H20N4O. The molecule has 0 saturated heterocycles. The summed E-state index contributed by atoms with van der Waals surface area (Å²) in [7, 11) is 0. The summed E-state index contributed by atoms with van der Waals surface area (Å²) in [6.45, 7) is 0.449. The molecule has 5 heteroatoms. The first-order chi connectivity index (χ1) is 10.3. The Labute approximate surface area is 123 Å². The zero-order valence-corrected chi connectivity index (χ0v) is 12.0. The molecule has 2 aromatic heterocycles. The lowest BCUT2D eigenvalue weighted by atomic mass is 9.86. The number of carbonyl (C=O) groups is 1. The van der Waals surface area contributed by atoms with E-state index in [-0.39, 0.29) is 5.91 Å². The Morgan fingerprint density at radius 3 is 3.05 bits per heavy atom. The molecule has 2 saturated carbocycles. The van der Waals surface area contributed by atoms with Crippen LogP contribution in [0.15, 0.2) is 24.4 Å². The normalized spacial score (nSPS) is 27.3. The Morgan fingerprint density at radius 1 is 1.29 bits per heavy atom. The number of hydrogen-bond acceptors (Lipinski definition) is 3. The second-order valence-corrected chi connectivity index (χ2v) is 6.46. The molecule has 21 heavy (non-hydrogen) atoms. The van der Waals surface area contributed by atoms with Gasteiger partial charge in [0.1, 0.15) is 0 Å². The Morgan fingerprint density at radius 2 is 2.24 bits per heavy atom. The predicted molar refractivity (Wildman–Crippen MR) is 78.4 cm³/mol. The van der Waals surface area contributed by atoms with Gasteiger partial charge in [0, 0.05) is 12.6 Å². The molecule has 0 aromatic carbocycles. The Bertz CT molecular complexity index is 665. The van der Waals surface area contributed by atoms with Crippen molar-refractivity contribution in [3.63, 3.8) is 0 Å². The third-order valence-corrected chi connectivity index (χ3v) is 5.16. The van der Waals surface area contributed by atoms with E-state index >= 15 is 0 Å². The molecule has 3 atom stereocenters. The van der Waals surface area contributed by atoms with Crippen LogP contribution < -0.4 is 5.32 Å². The number of pyridine rings is 1. The summed E-state index contributed by atoms with van der Waals surface area (Å²) in [6, 6.07) is 5.78. The fourth-order valence-electron chi connectivity index (χ4n) is 4.13. The van der Waals surface area contributed by atoms with Crippen molar-refractivity contribution in [2.24, 2.45) is 17.8 Å². The van der Waals surface area contributed by atoms with Gasteiger partial charge in [0.15, 0.2) is 11.5 Å². The predicted octanol–water partition coefficient (Wildman–Crippen LogP) is 2.17. The molecule has 2 aromatic rings. The van der Waals surface area contributed by atoms with Crippen LogP contribution in [0, 0.1) is 17.8 Å². The zero-order valence-electron chi connectivity index (χ0n) is 12.0. The SMILES string of the molecule is O=C(C[C@@H]1C[C@@H]2CC[C@@H]1C2)NCc1nnc2ccccn12. The molecule has 0 radical (unpaired) electrons. The van der Waals surface area contributed by atoms with Crippen LogP contribution in [0.5, 0.6) is 0 Å². The molecule has 2 fully saturated rings. The van der Waals surface area contributed by atoms with E-state index in [4.69, 9.17) is 0 Å². The van der Waals surface area contributed by atoms with Crippen molar-refractivity contribution < 1.29 is 4.79 Å². The van der Waals surface area contributed by atoms with Crippen LogP contribution in [-0.2, 0) is 11.3 Å². The van der Waals surface area contributed by atoms with Crippen LogP contribution in [0.1, 0.15) is 37.9 Å². The van der Waals surface area contributed by atoms with Crippen molar-refractivity contribution in [3.8, 4) is 0 Å². The maximum absolute atomic E-state index is 12.1. The van der Waals surface area contributed by atoms with Gasteiger partial charge in [0.25, 0.3) is 0 Å². The number of nitrogens with one attached hydrogen (secondary N) is 1. The van der Waals surface area contributed by atoms with Gasteiger partial charge in [-0.3, -0.25) is 9.20 Å². The summed E-state index contributed by atoms with van der Waals surface area (Å²) in [4.78, 5) is 12.1. The van der Waals surface area contributed by atoms with Gasteiger partial charge in [-0.15, -0.1) is 10.2 Å². The maximum atomic E-state index is 12.1. The minimum atomic E-state index is 0.153. The lowest BCUT2D eigenvalue weighted by Gasteiger charge is -2.20. The summed E-state index contributed by atoms with van der Waals surface area (Å²) in [6.07, 6.45) is 7.93. The zero-order chi connectivity index (χ0) is 14.2. The van der Waals surface area contributed by atoms with Crippen molar-refractivity contribution in [3.05, 3.63) is 30.2 Å². The molecule has 0 unspecified atom stereocenters. The van der Waals surface area contributed by atoms with Crippen molar-refractivity contribution in [1.29, 1.82) is 0 Å². The first-order valence-electron chi connectivity index (χ1n) is 7.85. The van der Waals surface area contributed by atoms with Gasteiger partial charge < -0.3 is 5.32 Å². The standard InChI is InChI=1S/C16H20N4O/c21-16(9-13-8-11-4-5-12(13)7-11)17-10-15-19-18-14-3-1-2-6-20(14)15/h1-3,6,11-13H,4-5,7-10H2,(H,17,21)/t11-,12-,13+/m1/s1. The molecule has 4 rings (SSSR count). The molecule has 2 aliphatic rings. The highest BCUT2D eigenvalue weighted by atomic mass is 16.1. The second-order valence-electron chi connectivity index (χ2n) is 6.46. The van der Waals surface area contributed by atoms with Crippen molar-refractivity contribution in [1.82, 2.24) is 19.9 Å². The third kappa shape index (κ3) is 2.41. The third-order valence-electron chi connectivity index (χ3n) is 5.16. The number of amides is 1. The van der Waals surface area contributed by atoms with Crippen LogP contribution >= 0.6 is 0 Å². The van der Waals surface area contributed by atoms with Gasteiger partial charge in [-0.1, -0.05) is 12.5 Å². The van der Waals surface area contributed by atoms with Gasteiger partial charge in [0.05, 0.1) is 6.54 Å². The van der Waals surface area contributed by atoms with E-state index in [0.29, 0.717) is 18.9 Å². The number of fused-ring (bicyclic) bond motifs is 3. The number of carbonyl (C=O) groups excluding carboxylic acids is 1. The molecule has 2 bridgehead atoms. The highest BCUT2D eigenvalue weighted by Crippen LogP contribution is 2.49. The summed E-state index contributed by atoms with van der Waals surface area (Å²) in [5.41, 5.74) is 0.815. The molecular weight excluding hydrogens is 264 g/mol. The topological polar surface area (TPSA) is 59.3 Å². The second kappa shape index (κ2) is 5.13. The molecule has 1 amide bonds. The van der Waals surface area contributed by atoms with Gasteiger partial charge in [-0.25, -0.2) is 0 Å². The Kier molecular flexibility index (Phi) is 3.13.